The Hall–Kier alpha value is -3.13. The van der Waals surface area contributed by atoms with E-state index >= 15 is 0 Å². The lowest BCUT2D eigenvalue weighted by Gasteiger charge is -2.13. The van der Waals surface area contributed by atoms with Crippen LogP contribution in [0.4, 0.5) is 17.1 Å². The Labute approximate surface area is 147 Å². The van der Waals surface area contributed by atoms with Gasteiger partial charge in [-0.05, 0) is 37.3 Å². The third-order valence-electron chi connectivity index (χ3n) is 3.21. The maximum Gasteiger partial charge on any atom is 0.339 e. The second kappa shape index (κ2) is 7.63. The number of nitro groups is 1. The first-order chi connectivity index (χ1) is 11.8. The van der Waals surface area contributed by atoms with Crippen molar-refractivity contribution in [3.05, 3.63) is 63.2 Å². The van der Waals surface area contributed by atoms with Gasteiger partial charge in [0.2, 0.25) is 0 Å². The van der Waals surface area contributed by atoms with E-state index in [4.69, 9.17) is 22.1 Å². The van der Waals surface area contributed by atoms with E-state index in [9.17, 15) is 19.7 Å². The normalized spacial score (nSPS) is 11.4. The molecule has 0 aliphatic carbocycles. The van der Waals surface area contributed by atoms with Crippen LogP contribution in [0.25, 0.3) is 0 Å². The van der Waals surface area contributed by atoms with Gasteiger partial charge in [-0.15, -0.1) is 0 Å². The molecule has 130 valence electrons. The highest BCUT2D eigenvalue weighted by Gasteiger charge is 2.21. The summed E-state index contributed by atoms with van der Waals surface area (Å²) in [7, 11) is 0. The lowest BCUT2D eigenvalue weighted by atomic mass is 10.2. The van der Waals surface area contributed by atoms with E-state index < -0.39 is 28.6 Å². The molecule has 0 bridgehead atoms. The molecule has 2 aromatic carbocycles. The molecule has 0 aromatic heterocycles. The fourth-order valence-electron chi connectivity index (χ4n) is 1.92. The van der Waals surface area contributed by atoms with Gasteiger partial charge in [-0.25, -0.2) is 4.79 Å². The fraction of sp³-hybridized carbons (Fsp3) is 0.125. The molecule has 8 nitrogen and oxygen atoms in total. The molecular formula is C16H14ClN3O5. The second-order valence-corrected chi connectivity index (χ2v) is 5.51. The number of benzene rings is 2. The highest BCUT2D eigenvalue weighted by molar-refractivity contribution is 6.30. The summed E-state index contributed by atoms with van der Waals surface area (Å²) in [6.45, 7) is 1.38. The summed E-state index contributed by atoms with van der Waals surface area (Å²) in [4.78, 5) is 34.3. The average Bonchev–Trinajstić information content (AvgIpc) is 2.54. The van der Waals surface area contributed by atoms with E-state index in [1.807, 2.05) is 0 Å². The molecule has 0 unspecified atom stereocenters. The number of carbonyl (C=O) groups is 2. The van der Waals surface area contributed by atoms with Gasteiger partial charge in [0.15, 0.2) is 6.10 Å². The quantitative estimate of drug-likeness (QED) is 0.364. The summed E-state index contributed by atoms with van der Waals surface area (Å²) in [5.74, 6) is -1.45. The number of nitro benzene ring substituents is 1. The molecule has 2 aromatic rings. The second-order valence-electron chi connectivity index (χ2n) is 5.08. The number of esters is 1. The van der Waals surface area contributed by atoms with Crippen LogP contribution >= 0.6 is 11.6 Å². The Bertz CT molecular complexity index is 840. The van der Waals surface area contributed by atoms with Gasteiger partial charge in [-0.1, -0.05) is 17.7 Å². The zero-order valence-electron chi connectivity index (χ0n) is 13.1. The topological polar surface area (TPSA) is 125 Å². The molecule has 0 radical (unpaired) electrons. The van der Waals surface area contributed by atoms with Crippen molar-refractivity contribution >= 4 is 40.5 Å². The lowest BCUT2D eigenvalue weighted by molar-refractivity contribution is -0.383. The summed E-state index contributed by atoms with van der Waals surface area (Å²) < 4.78 is 5.03. The molecule has 0 fully saturated rings. The number of ether oxygens (including phenoxy) is 1. The predicted molar refractivity (Wildman–Crippen MR) is 92.5 cm³/mol. The van der Waals surface area contributed by atoms with Crippen LogP contribution in [-0.2, 0) is 9.53 Å². The Morgan fingerprint density at radius 1 is 1.28 bits per heavy atom. The van der Waals surface area contributed by atoms with Crippen molar-refractivity contribution in [2.45, 2.75) is 13.0 Å². The van der Waals surface area contributed by atoms with Crippen LogP contribution in [0.15, 0.2) is 42.5 Å². The van der Waals surface area contributed by atoms with Crippen molar-refractivity contribution in [3.8, 4) is 0 Å². The number of rotatable bonds is 5. The molecule has 0 aliphatic rings. The van der Waals surface area contributed by atoms with E-state index in [1.165, 1.54) is 25.1 Å². The highest BCUT2D eigenvalue weighted by atomic mass is 35.5. The summed E-state index contributed by atoms with van der Waals surface area (Å²) >= 11 is 5.82. The Kier molecular flexibility index (Phi) is 5.56. The molecule has 0 heterocycles. The van der Waals surface area contributed by atoms with Crippen molar-refractivity contribution in [2.75, 3.05) is 11.1 Å². The first-order valence-electron chi connectivity index (χ1n) is 7.09. The SMILES string of the molecule is C[C@@H](OC(=O)c1ccc(N)c([N+](=O)[O-])c1)C(=O)Nc1cccc(Cl)c1. The number of hydrogen-bond donors (Lipinski definition) is 2. The maximum absolute atomic E-state index is 12.1. The van der Waals surface area contributed by atoms with E-state index in [0.29, 0.717) is 10.7 Å². The number of hydrogen-bond acceptors (Lipinski definition) is 6. The maximum atomic E-state index is 12.1. The molecule has 1 amide bonds. The summed E-state index contributed by atoms with van der Waals surface area (Å²) in [6, 6.07) is 9.98. The van der Waals surface area contributed by atoms with Gasteiger partial charge in [0, 0.05) is 16.8 Å². The molecule has 0 spiro atoms. The molecule has 9 heteroatoms. The number of anilines is 2. The zero-order valence-corrected chi connectivity index (χ0v) is 13.8. The van der Waals surface area contributed by atoms with Crippen LogP contribution in [0.5, 0.6) is 0 Å². The number of amides is 1. The van der Waals surface area contributed by atoms with Gasteiger partial charge in [0.25, 0.3) is 11.6 Å². The number of nitrogen functional groups attached to an aromatic ring is 1. The smallest absolute Gasteiger partial charge is 0.339 e. The lowest BCUT2D eigenvalue weighted by Crippen LogP contribution is -2.30. The van der Waals surface area contributed by atoms with Gasteiger partial charge >= 0.3 is 5.97 Å². The third kappa shape index (κ3) is 4.67. The van der Waals surface area contributed by atoms with Crippen LogP contribution in [0.3, 0.4) is 0 Å². The van der Waals surface area contributed by atoms with Gasteiger partial charge in [0.1, 0.15) is 5.69 Å². The van der Waals surface area contributed by atoms with E-state index in [1.54, 1.807) is 18.2 Å². The summed E-state index contributed by atoms with van der Waals surface area (Å²) in [5, 5.41) is 13.8. The molecule has 1 atom stereocenters. The molecule has 2 rings (SSSR count). The first-order valence-corrected chi connectivity index (χ1v) is 7.47. The van der Waals surface area contributed by atoms with Gasteiger partial charge < -0.3 is 15.8 Å². The molecule has 0 aliphatic heterocycles. The van der Waals surface area contributed by atoms with Crippen molar-refractivity contribution in [3.63, 3.8) is 0 Å². The van der Waals surface area contributed by atoms with Crippen LogP contribution in [-0.4, -0.2) is 22.9 Å². The van der Waals surface area contributed by atoms with Gasteiger partial charge in [-0.3, -0.25) is 14.9 Å². The fourth-order valence-corrected chi connectivity index (χ4v) is 2.11. The minimum absolute atomic E-state index is 0.0757. The standard InChI is InChI=1S/C16H14ClN3O5/c1-9(15(21)19-12-4-2-3-11(17)8-12)25-16(22)10-5-6-13(18)14(7-10)20(23)24/h2-9H,18H2,1H3,(H,19,21)/t9-/m1/s1. The molecular weight excluding hydrogens is 350 g/mol. The number of nitrogens with zero attached hydrogens (tertiary/aromatic N) is 1. The highest BCUT2D eigenvalue weighted by Crippen LogP contribution is 2.23. The minimum atomic E-state index is -1.12. The van der Waals surface area contributed by atoms with Crippen molar-refractivity contribution in [1.29, 1.82) is 0 Å². The Morgan fingerprint density at radius 3 is 2.64 bits per heavy atom. The largest absolute Gasteiger partial charge is 0.449 e. The number of nitrogens with one attached hydrogen (secondary N) is 1. The van der Waals surface area contributed by atoms with E-state index in [2.05, 4.69) is 5.32 Å². The van der Waals surface area contributed by atoms with Crippen molar-refractivity contribution in [2.24, 2.45) is 0 Å². The number of halogens is 1. The monoisotopic (exact) mass is 363 g/mol. The minimum Gasteiger partial charge on any atom is -0.449 e. The van der Waals surface area contributed by atoms with Crippen LogP contribution in [0, 0.1) is 10.1 Å². The molecule has 3 N–H and O–H groups in total. The van der Waals surface area contributed by atoms with Gasteiger partial charge in [0.05, 0.1) is 10.5 Å². The summed E-state index contributed by atoms with van der Waals surface area (Å²) in [5.41, 5.74) is 5.35. The van der Waals surface area contributed by atoms with Crippen molar-refractivity contribution in [1.82, 2.24) is 0 Å². The first kappa shape index (κ1) is 18.2. The van der Waals surface area contributed by atoms with E-state index in [-0.39, 0.29) is 11.3 Å². The zero-order chi connectivity index (χ0) is 18.6. The Balaban J connectivity index is 2.05. The number of carbonyl (C=O) groups excluding carboxylic acids is 2. The third-order valence-corrected chi connectivity index (χ3v) is 3.44. The van der Waals surface area contributed by atoms with Crippen LogP contribution in [0.1, 0.15) is 17.3 Å². The van der Waals surface area contributed by atoms with Crippen molar-refractivity contribution < 1.29 is 19.2 Å². The number of nitrogens with two attached hydrogens (primary N) is 1. The van der Waals surface area contributed by atoms with Crippen LogP contribution in [0.2, 0.25) is 5.02 Å². The Morgan fingerprint density at radius 2 is 2.00 bits per heavy atom. The summed E-state index contributed by atoms with van der Waals surface area (Å²) in [6.07, 6.45) is -1.12. The molecule has 25 heavy (non-hydrogen) atoms. The predicted octanol–water partition coefficient (Wildman–Crippen LogP) is 3.01. The van der Waals surface area contributed by atoms with E-state index in [0.717, 1.165) is 6.07 Å². The molecule has 0 saturated carbocycles. The molecule has 0 saturated heterocycles. The van der Waals surface area contributed by atoms with Gasteiger partial charge in [-0.2, -0.15) is 0 Å². The van der Waals surface area contributed by atoms with Crippen LogP contribution < -0.4 is 11.1 Å². The average molecular weight is 364 g/mol.